The second-order valence-corrected chi connectivity index (χ2v) is 9.74. The van der Waals surface area contributed by atoms with E-state index in [0.29, 0.717) is 24.0 Å². The van der Waals surface area contributed by atoms with Crippen molar-refractivity contribution in [3.05, 3.63) is 47.6 Å². The summed E-state index contributed by atoms with van der Waals surface area (Å²) in [6, 6.07) is 1.18. The Labute approximate surface area is 187 Å². The van der Waals surface area contributed by atoms with Crippen LogP contribution in [0.4, 0.5) is 13.2 Å². The fourth-order valence-electron chi connectivity index (χ4n) is 6.36. The van der Waals surface area contributed by atoms with Gasteiger partial charge in [0.2, 0.25) is 5.82 Å². The van der Waals surface area contributed by atoms with Gasteiger partial charge in [0, 0.05) is 23.5 Å². The number of aromatic nitrogens is 4. The van der Waals surface area contributed by atoms with Crippen LogP contribution >= 0.6 is 0 Å². The van der Waals surface area contributed by atoms with Gasteiger partial charge in [-0.15, -0.1) is 0 Å². The second kappa shape index (κ2) is 7.46. The quantitative estimate of drug-likeness (QED) is 0.726. The number of nitrogens with zero attached hydrogens (tertiary/aromatic N) is 4. The second-order valence-electron chi connectivity index (χ2n) is 9.74. The first-order valence-electron chi connectivity index (χ1n) is 10.9. The molecule has 11 heteroatoms. The molecule has 0 aliphatic heterocycles. The molecule has 0 saturated heterocycles. The summed E-state index contributed by atoms with van der Waals surface area (Å²) in [4.78, 5) is 40.8. The van der Waals surface area contributed by atoms with Crippen LogP contribution in [0.25, 0.3) is 0 Å². The minimum Gasteiger partial charge on any atom is -0.345 e. The fraction of sp³-hybridized carbons (Fsp3) is 0.545. The van der Waals surface area contributed by atoms with Crippen molar-refractivity contribution in [2.24, 2.45) is 11.8 Å². The lowest BCUT2D eigenvalue weighted by Crippen LogP contribution is -2.70. The molecular formula is C22H23F3N6O2. The summed E-state index contributed by atoms with van der Waals surface area (Å²) in [5.74, 6) is -1.68. The summed E-state index contributed by atoms with van der Waals surface area (Å²) in [7, 11) is 0. The van der Waals surface area contributed by atoms with Gasteiger partial charge in [0.15, 0.2) is 0 Å². The minimum absolute atomic E-state index is 0.240. The lowest BCUT2D eigenvalue weighted by molar-refractivity contribution is -0.145. The summed E-state index contributed by atoms with van der Waals surface area (Å²) < 4.78 is 38.9. The first-order chi connectivity index (χ1) is 15.5. The van der Waals surface area contributed by atoms with E-state index in [-0.39, 0.29) is 17.3 Å². The van der Waals surface area contributed by atoms with Gasteiger partial charge in [0.1, 0.15) is 11.4 Å². The van der Waals surface area contributed by atoms with Crippen molar-refractivity contribution < 1.29 is 22.8 Å². The number of amides is 2. The monoisotopic (exact) mass is 460 g/mol. The molecule has 4 aliphatic carbocycles. The summed E-state index contributed by atoms with van der Waals surface area (Å²) in [6.45, 7) is 1.76. The highest BCUT2D eigenvalue weighted by atomic mass is 19.4. The molecule has 33 heavy (non-hydrogen) atoms. The third-order valence-electron chi connectivity index (χ3n) is 6.95. The standard InChI is InChI=1S/C22H23F3N6O2/c1-12-9-26-10-16(28-12)18(33)31-21-7-13-4-14(8-21)6-20(5-13,11-21)30-17(32)15-2-3-27-19(29-15)22(23,24)25/h2-3,9-10,13-14H,4-8,11H2,1H3,(H,30,32)(H,31,33). The zero-order chi connectivity index (χ0) is 23.4. The number of nitrogens with one attached hydrogen (secondary N) is 2. The van der Waals surface area contributed by atoms with Crippen molar-refractivity contribution in [1.82, 2.24) is 30.6 Å². The number of carbonyl (C=O) groups is 2. The molecule has 2 N–H and O–H groups in total. The van der Waals surface area contributed by atoms with Crippen LogP contribution in [0.2, 0.25) is 0 Å². The Hall–Kier alpha value is -3.11. The van der Waals surface area contributed by atoms with Crippen LogP contribution in [0.5, 0.6) is 0 Å². The van der Waals surface area contributed by atoms with Gasteiger partial charge >= 0.3 is 6.18 Å². The molecule has 2 unspecified atom stereocenters. The molecule has 4 saturated carbocycles. The van der Waals surface area contributed by atoms with Crippen molar-refractivity contribution in [3.63, 3.8) is 0 Å². The van der Waals surface area contributed by atoms with Crippen LogP contribution in [0, 0.1) is 18.8 Å². The van der Waals surface area contributed by atoms with E-state index in [4.69, 9.17) is 0 Å². The predicted molar refractivity (Wildman–Crippen MR) is 109 cm³/mol. The van der Waals surface area contributed by atoms with Gasteiger partial charge in [-0.1, -0.05) is 0 Å². The topological polar surface area (TPSA) is 110 Å². The Bertz CT molecular complexity index is 1110. The van der Waals surface area contributed by atoms with E-state index in [1.165, 1.54) is 12.3 Å². The van der Waals surface area contributed by atoms with Crippen LogP contribution in [0.15, 0.2) is 24.7 Å². The van der Waals surface area contributed by atoms with Crippen molar-refractivity contribution in [2.75, 3.05) is 0 Å². The summed E-state index contributed by atoms with van der Waals surface area (Å²) in [5, 5.41) is 6.16. The highest BCUT2D eigenvalue weighted by Gasteiger charge is 2.59. The highest BCUT2D eigenvalue weighted by molar-refractivity contribution is 5.93. The van der Waals surface area contributed by atoms with E-state index in [2.05, 4.69) is 30.6 Å². The van der Waals surface area contributed by atoms with Crippen LogP contribution in [0.3, 0.4) is 0 Å². The van der Waals surface area contributed by atoms with Crippen molar-refractivity contribution in [1.29, 1.82) is 0 Å². The largest absolute Gasteiger partial charge is 0.451 e. The number of alkyl halides is 3. The van der Waals surface area contributed by atoms with Crippen LogP contribution in [0.1, 0.15) is 71.0 Å². The molecule has 2 amide bonds. The van der Waals surface area contributed by atoms with Crippen molar-refractivity contribution in [3.8, 4) is 0 Å². The average Bonchev–Trinajstić information content (AvgIpc) is 2.71. The van der Waals surface area contributed by atoms with E-state index in [1.54, 1.807) is 13.1 Å². The molecular weight excluding hydrogens is 437 g/mol. The number of rotatable bonds is 4. The fourth-order valence-corrected chi connectivity index (χ4v) is 6.36. The van der Waals surface area contributed by atoms with Crippen molar-refractivity contribution >= 4 is 11.8 Å². The van der Waals surface area contributed by atoms with Gasteiger partial charge in [-0.05, 0) is 63.4 Å². The molecule has 2 atom stereocenters. The first-order valence-corrected chi connectivity index (χ1v) is 10.9. The zero-order valence-corrected chi connectivity index (χ0v) is 17.9. The smallest absolute Gasteiger partial charge is 0.345 e. The molecule has 0 spiro atoms. The van der Waals surface area contributed by atoms with Gasteiger partial charge in [0.25, 0.3) is 11.8 Å². The molecule has 2 aromatic rings. The van der Waals surface area contributed by atoms with E-state index < -0.39 is 29.0 Å². The molecule has 0 aromatic carbocycles. The summed E-state index contributed by atoms with van der Waals surface area (Å²) in [6.07, 6.45) is 3.81. The summed E-state index contributed by atoms with van der Waals surface area (Å²) in [5.41, 5.74) is -0.538. The molecule has 4 fully saturated rings. The lowest BCUT2D eigenvalue weighted by Gasteiger charge is -2.62. The number of hydrogen-bond donors (Lipinski definition) is 2. The minimum atomic E-state index is -4.73. The van der Waals surface area contributed by atoms with Gasteiger partial charge in [-0.3, -0.25) is 14.6 Å². The Morgan fingerprint density at radius 2 is 1.58 bits per heavy atom. The maximum Gasteiger partial charge on any atom is 0.451 e. The Balaban J connectivity index is 1.37. The molecule has 8 nitrogen and oxygen atoms in total. The Kier molecular flexibility index (Phi) is 4.91. The van der Waals surface area contributed by atoms with Crippen LogP contribution in [-0.4, -0.2) is 42.8 Å². The van der Waals surface area contributed by atoms with E-state index in [9.17, 15) is 22.8 Å². The van der Waals surface area contributed by atoms with E-state index in [0.717, 1.165) is 38.3 Å². The van der Waals surface area contributed by atoms with Gasteiger partial charge in [-0.25, -0.2) is 15.0 Å². The first kappa shape index (κ1) is 21.7. The van der Waals surface area contributed by atoms with Gasteiger partial charge in [-0.2, -0.15) is 13.2 Å². The third-order valence-corrected chi connectivity index (χ3v) is 6.95. The SMILES string of the molecule is Cc1cncc(C(=O)NC23CC4CC(C2)CC(NC(=O)c2ccnc(C(F)(F)F)n2)(C4)C3)n1. The third kappa shape index (κ3) is 4.16. The zero-order valence-electron chi connectivity index (χ0n) is 17.9. The molecule has 4 bridgehead atoms. The molecule has 174 valence electrons. The Morgan fingerprint density at radius 3 is 2.15 bits per heavy atom. The van der Waals surface area contributed by atoms with Crippen molar-refractivity contribution in [2.45, 2.75) is 62.7 Å². The lowest BCUT2D eigenvalue weighted by atomic mass is 9.49. The number of carbonyl (C=O) groups excluding carboxylic acids is 2. The number of hydrogen-bond acceptors (Lipinski definition) is 6. The number of halogens is 3. The average molecular weight is 460 g/mol. The predicted octanol–water partition coefficient (Wildman–Crippen LogP) is 2.85. The van der Waals surface area contributed by atoms with Gasteiger partial charge in [0.05, 0.1) is 11.9 Å². The molecule has 2 aromatic heterocycles. The summed E-state index contributed by atoms with van der Waals surface area (Å²) >= 11 is 0. The van der Waals surface area contributed by atoms with E-state index >= 15 is 0 Å². The number of aryl methyl sites for hydroxylation is 1. The van der Waals surface area contributed by atoms with Crippen LogP contribution < -0.4 is 10.6 Å². The maximum atomic E-state index is 13.0. The molecule has 2 heterocycles. The molecule has 6 rings (SSSR count). The van der Waals surface area contributed by atoms with Crippen LogP contribution in [-0.2, 0) is 6.18 Å². The Morgan fingerprint density at radius 1 is 0.970 bits per heavy atom. The molecule has 0 radical (unpaired) electrons. The van der Waals surface area contributed by atoms with Gasteiger partial charge < -0.3 is 10.6 Å². The maximum absolute atomic E-state index is 13.0. The molecule has 4 aliphatic rings. The highest BCUT2D eigenvalue weighted by Crippen LogP contribution is 2.57. The normalized spacial score (nSPS) is 30.2. The van der Waals surface area contributed by atoms with E-state index in [1.807, 2.05) is 0 Å².